The SMILES string of the molecule is CC[C@@H](SS[C@H](CC)c1c(-c2cccc(C)c2)cccc1-c1cccc(C)c1)c1c(-c2cccc(C)c2)cccc1-c1cccc(C)c1. The normalized spacial score (nSPS) is 12.5. The van der Waals surface area contributed by atoms with Crippen molar-refractivity contribution in [1.82, 2.24) is 0 Å². The summed E-state index contributed by atoms with van der Waals surface area (Å²) < 4.78 is 0. The molecular weight excluding hydrogens is 617 g/mol. The summed E-state index contributed by atoms with van der Waals surface area (Å²) in [5, 5.41) is 0.620. The molecular formula is C46H46S2. The highest BCUT2D eigenvalue weighted by atomic mass is 33.1. The molecule has 0 N–H and O–H groups in total. The maximum absolute atomic E-state index is 2.35. The maximum Gasteiger partial charge on any atom is 0.0410 e. The van der Waals surface area contributed by atoms with Gasteiger partial charge in [0.1, 0.15) is 0 Å². The molecule has 0 aliphatic heterocycles. The first-order valence-electron chi connectivity index (χ1n) is 17.2. The molecule has 242 valence electrons. The molecule has 0 heterocycles. The second kappa shape index (κ2) is 15.5. The van der Waals surface area contributed by atoms with E-state index < -0.39 is 0 Å². The molecule has 0 fully saturated rings. The van der Waals surface area contributed by atoms with E-state index in [1.807, 2.05) is 0 Å². The Morgan fingerprint density at radius 2 is 0.625 bits per heavy atom. The van der Waals surface area contributed by atoms with E-state index in [2.05, 4.69) is 197 Å². The largest absolute Gasteiger partial charge is 0.0852 e. The Kier molecular flexibility index (Phi) is 10.9. The van der Waals surface area contributed by atoms with Gasteiger partial charge in [-0.2, -0.15) is 0 Å². The number of hydrogen-bond donors (Lipinski definition) is 0. The predicted octanol–water partition coefficient (Wildman–Crippen LogP) is 14.6. The van der Waals surface area contributed by atoms with Gasteiger partial charge in [-0.15, -0.1) is 0 Å². The number of aryl methyl sites for hydroxylation is 4. The van der Waals surface area contributed by atoms with Crippen molar-refractivity contribution in [1.29, 1.82) is 0 Å². The zero-order chi connectivity index (χ0) is 33.6. The van der Waals surface area contributed by atoms with Crippen LogP contribution in [0.5, 0.6) is 0 Å². The number of rotatable bonds is 11. The Bertz CT molecular complexity index is 1750. The van der Waals surface area contributed by atoms with Gasteiger partial charge in [0.2, 0.25) is 0 Å². The van der Waals surface area contributed by atoms with Gasteiger partial charge >= 0.3 is 0 Å². The van der Waals surface area contributed by atoms with E-state index in [1.165, 1.54) is 77.9 Å². The van der Waals surface area contributed by atoms with Gasteiger partial charge in [0.25, 0.3) is 0 Å². The van der Waals surface area contributed by atoms with Crippen LogP contribution in [-0.2, 0) is 0 Å². The first kappa shape index (κ1) is 33.9. The van der Waals surface area contributed by atoms with Crippen molar-refractivity contribution in [2.24, 2.45) is 0 Å². The van der Waals surface area contributed by atoms with Crippen molar-refractivity contribution < 1.29 is 0 Å². The van der Waals surface area contributed by atoms with Gasteiger partial charge in [0.15, 0.2) is 0 Å². The Hall–Kier alpha value is -3.98. The molecule has 2 atom stereocenters. The van der Waals surface area contributed by atoms with Crippen LogP contribution in [0.1, 0.15) is 70.6 Å². The van der Waals surface area contributed by atoms with Crippen molar-refractivity contribution in [3.63, 3.8) is 0 Å². The average Bonchev–Trinajstić information content (AvgIpc) is 3.10. The first-order chi connectivity index (χ1) is 23.4. The summed E-state index contributed by atoms with van der Waals surface area (Å²) in [6.07, 6.45) is 2.08. The minimum atomic E-state index is 0.310. The van der Waals surface area contributed by atoms with Crippen LogP contribution >= 0.6 is 21.6 Å². The molecule has 48 heavy (non-hydrogen) atoms. The lowest BCUT2D eigenvalue weighted by Gasteiger charge is -2.27. The molecule has 2 heteroatoms. The molecule has 0 spiro atoms. The molecule has 0 saturated carbocycles. The minimum absolute atomic E-state index is 0.310. The minimum Gasteiger partial charge on any atom is -0.0852 e. The van der Waals surface area contributed by atoms with Gasteiger partial charge in [-0.25, -0.2) is 0 Å². The van der Waals surface area contributed by atoms with E-state index in [-0.39, 0.29) is 0 Å². The van der Waals surface area contributed by atoms with E-state index in [4.69, 9.17) is 0 Å². The van der Waals surface area contributed by atoms with Crippen molar-refractivity contribution in [3.05, 3.63) is 167 Å². The van der Waals surface area contributed by atoms with Crippen LogP contribution in [0.15, 0.2) is 133 Å². The van der Waals surface area contributed by atoms with Gasteiger partial charge in [-0.05, 0) is 96.2 Å². The number of benzene rings is 6. The predicted molar refractivity (Wildman–Crippen MR) is 215 cm³/mol. The summed E-state index contributed by atoms with van der Waals surface area (Å²) in [7, 11) is 4.12. The van der Waals surface area contributed by atoms with E-state index in [9.17, 15) is 0 Å². The molecule has 0 amide bonds. The lowest BCUT2D eigenvalue weighted by Crippen LogP contribution is -2.02. The molecule has 0 radical (unpaired) electrons. The van der Waals surface area contributed by atoms with Crippen LogP contribution in [0, 0.1) is 27.7 Å². The molecule has 6 aromatic rings. The molecule has 0 nitrogen and oxygen atoms in total. The molecule has 6 rings (SSSR count). The quantitative estimate of drug-likeness (QED) is 0.127. The molecule has 6 aromatic carbocycles. The summed E-state index contributed by atoms with van der Waals surface area (Å²) >= 11 is 0. The van der Waals surface area contributed by atoms with Crippen molar-refractivity contribution in [2.75, 3.05) is 0 Å². The van der Waals surface area contributed by atoms with E-state index in [0.717, 1.165) is 12.8 Å². The lowest BCUT2D eigenvalue weighted by molar-refractivity contribution is 0.896. The van der Waals surface area contributed by atoms with Gasteiger partial charge in [0, 0.05) is 10.5 Å². The molecule has 0 aliphatic carbocycles. The van der Waals surface area contributed by atoms with Gasteiger partial charge in [-0.1, -0.05) is 191 Å². The summed E-state index contributed by atoms with van der Waals surface area (Å²) in [4.78, 5) is 0. The maximum atomic E-state index is 2.35. The van der Waals surface area contributed by atoms with Crippen LogP contribution in [0.3, 0.4) is 0 Å². The van der Waals surface area contributed by atoms with Crippen molar-refractivity contribution in [3.8, 4) is 44.5 Å². The third-order valence-electron chi connectivity index (χ3n) is 9.20. The Balaban J connectivity index is 1.46. The van der Waals surface area contributed by atoms with Crippen LogP contribution in [0.2, 0.25) is 0 Å². The fourth-order valence-corrected chi connectivity index (χ4v) is 10.3. The second-order valence-corrected chi connectivity index (χ2v) is 15.7. The van der Waals surface area contributed by atoms with E-state index >= 15 is 0 Å². The van der Waals surface area contributed by atoms with Crippen LogP contribution in [0.25, 0.3) is 44.5 Å². The highest BCUT2D eigenvalue weighted by Gasteiger charge is 2.26. The Morgan fingerprint density at radius 3 is 0.854 bits per heavy atom. The number of hydrogen-bond acceptors (Lipinski definition) is 2. The third kappa shape index (κ3) is 7.51. The fraction of sp³-hybridized carbons (Fsp3) is 0.217. The van der Waals surface area contributed by atoms with Crippen molar-refractivity contribution in [2.45, 2.75) is 64.9 Å². The van der Waals surface area contributed by atoms with Gasteiger partial charge in [0.05, 0.1) is 0 Å². The molecule has 0 bridgehead atoms. The third-order valence-corrected chi connectivity index (χ3v) is 12.6. The Morgan fingerprint density at radius 1 is 0.375 bits per heavy atom. The summed E-state index contributed by atoms with van der Waals surface area (Å²) in [5.74, 6) is 0. The average molecular weight is 663 g/mol. The second-order valence-electron chi connectivity index (χ2n) is 13.0. The van der Waals surface area contributed by atoms with Crippen molar-refractivity contribution >= 4 is 21.6 Å². The molecule has 0 unspecified atom stereocenters. The van der Waals surface area contributed by atoms with E-state index in [0.29, 0.717) is 10.5 Å². The zero-order valence-corrected chi connectivity index (χ0v) is 30.7. The van der Waals surface area contributed by atoms with E-state index in [1.54, 1.807) is 0 Å². The zero-order valence-electron chi connectivity index (χ0n) is 29.1. The first-order valence-corrected chi connectivity index (χ1v) is 19.5. The van der Waals surface area contributed by atoms with Gasteiger partial charge < -0.3 is 0 Å². The van der Waals surface area contributed by atoms with Crippen LogP contribution < -0.4 is 0 Å². The highest BCUT2D eigenvalue weighted by molar-refractivity contribution is 8.76. The molecule has 0 aromatic heterocycles. The lowest BCUT2D eigenvalue weighted by atomic mass is 9.88. The Labute approximate surface area is 296 Å². The molecule has 0 saturated heterocycles. The topological polar surface area (TPSA) is 0 Å². The summed E-state index contributed by atoms with van der Waals surface area (Å²) in [5.41, 5.74) is 18.6. The monoisotopic (exact) mass is 662 g/mol. The van der Waals surface area contributed by atoms with Gasteiger partial charge in [-0.3, -0.25) is 0 Å². The summed E-state index contributed by atoms with van der Waals surface area (Å²) in [6, 6.07) is 49.8. The summed E-state index contributed by atoms with van der Waals surface area (Å²) in [6.45, 7) is 13.5. The smallest absolute Gasteiger partial charge is 0.0410 e. The van der Waals surface area contributed by atoms with Crippen LogP contribution in [-0.4, -0.2) is 0 Å². The standard InChI is InChI=1S/C46H46S2/c1-7-43(45-39(35-19-9-15-31(3)27-35)23-13-24-40(45)36-20-10-16-32(4)28-36)47-48-44(8-2)46-41(37-21-11-17-33(5)29-37)25-14-26-42(46)38-22-12-18-34(6)30-38/h9-30,43-44H,7-8H2,1-6H3/t43-,44-/m1/s1. The fourth-order valence-electron chi connectivity index (χ4n) is 6.86. The highest BCUT2D eigenvalue weighted by Crippen LogP contribution is 2.55. The molecule has 0 aliphatic rings. The van der Waals surface area contributed by atoms with Crippen LogP contribution in [0.4, 0.5) is 0 Å².